The highest BCUT2D eigenvalue weighted by Crippen LogP contribution is 2.32. The number of carbonyl (C=O) groups is 2. The van der Waals surface area contributed by atoms with Gasteiger partial charge in [-0.2, -0.15) is 0 Å². The number of fused-ring (bicyclic) bond motifs is 1. The van der Waals surface area contributed by atoms with E-state index >= 15 is 0 Å². The van der Waals surface area contributed by atoms with Crippen molar-refractivity contribution in [3.8, 4) is 5.75 Å². The van der Waals surface area contributed by atoms with Gasteiger partial charge in [0.2, 0.25) is 10.0 Å². The van der Waals surface area contributed by atoms with E-state index in [2.05, 4.69) is 15.4 Å². The molecule has 1 fully saturated rings. The number of sulfonamides is 1. The summed E-state index contributed by atoms with van der Waals surface area (Å²) in [5, 5.41) is 5.50. The Labute approximate surface area is 152 Å². The van der Waals surface area contributed by atoms with Crippen molar-refractivity contribution in [1.29, 1.82) is 0 Å². The third-order valence-electron chi connectivity index (χ3n) is 4.25. The van der Waals surface area contributed by atoms with E-state index in [0.717, 1.165) is 6.26 Å². The Morgan fingerprint density at radius 1 is 1.38 bits per heavy atom. The zero-order valence-electron chi connectivity index (χ0n) is 14.6. The van der Waals surface area contributed by atoms with Crippen LogP contribution in [-0.2, 0) is 14.8 Å². The molecule has 2 aliphatic heterocycles. The van der Waals surface area contributed by atoms with Crippen molar-refractivity contribution in [2.45, 2.75) is 31.9 Å². The lowest BCUT2D eigenvalue weighted by molar-refractivity contribution is -0.122. The maximum absolute atomic E-state index is 12.5. The summed E-state index contributed by atoms with van der Waals surface area (Å²) in [5.41, 5.74) is 1.02. The van der Waals surface area contributed by atoms with Gasteiger partial charge in [0, 0.05) is 24.8 Å². The number of anilines is 2. The van der Waals surface area contributed by atoms with Crippen molar-refractivity contribution in [2.24, 2.45) is 0 Å². The van der Waals surface area contributed by atoms with Gasteiger partial charge in [0.25, 0.3) is 5.91 Å². The second kappa shape index (κ2) is 7.12. The van der Waals surface area contributed by atoms with Crippen LogP contribution in [0.3, 0.4) is 0 Å². The average molecular weight is 382 g/mol. The van der Waals surface area contributed by atoms with Crippen molar-refractivity contribution >= 4 is 33.3 Å². The van der Waals surface area contributed by atoms with Crippen LogP contribution in [0, 0.1) is 0 Å². The molecule has 0 saturated carbocycles. The number of rotatable bonds is 3. The van der Waals surface area contributed by atoms with Crippen LogP contribution < -0.4 is 20.1 Å². The topological polar surface area (TPSA) is 117 Å². The minimum atomic E-state index is -3.31. The van der Waals surface area contributed by atoms with E-state index in [-0.39, 0.29) is 18.0 Å². The molecule has 1 saturated heterocycles. The quantitative estimate of drug-likeness (QED) is 0.720. The zero-order valence-corrected chi connectivity index (χ0v) is 15.4. The third kappa shape index (κ3) is 4.44. The maximum atomic E-state index is 12.5. The Hall–Kier alpha value is -2.33. The molecule has 142 valence electrons. The number of amides is 3. The molecule has 10 heteroatoms. The fourth-order valence-electron chi connectivity index (χ4n) is 3.05. The molecule has 2 heterocycles. The number of hydrogen-bond acceptors (Lipinski definition) is 5. The summed E-state index contributed by atoms with van der Waals surface area (Å²) in [6, 6.07) is 4.40. The summed E-state index contributed by atoms with van der Waals surface area (Å²) in [6.07, 6.45) is 1.95. The number of carbonyl (C=O) groups excluding carboxylic acids is 2. The second-order valence-corrected chi connectivity index (χ2v) is 8.35. The van der Waals surface area contributed by atoms with Gasteiger partial charge >= 0.3 is 6.03 Å². The normalized spacial score (nSPS) is 22.8. The van der Waals surface area contributed by atoms with E-state index in [4.69, 9.17) is 4.74 Å². The van der Waals surface area contributed by atoms with Gasteiger partial charge in [-0.3, -0.25) is 4.79 Å². The van der Waals surface area contributed by atoms with Gasteiger partial charge in [-0.25, -0.2) is 17.9 Å². The first-order valence-electron chi connectivity index (χ1n) is 8.36. The van der Waals surface area contributed by atoms with E-state index in [9.17, 15) is 18.0 Å². The van der Waals surface area contributed by atoms with Crippen LogP contribution in [-0.4, -0.2) is 56.7 Å². The van der Waals surface area contributed by atoms with E-state index < -0.39 is 16.1 Å². The summed E-state index contributed by atoms with van der Waals surface area (Å²) in [4.78, 5) is 25.8. The minimum absolute atomic E-state index is 0.244. The van der Waals surface area contributed by atoms with E-state index in [0.29, 0.717) is 43.1 Å². The van der Waals surface area contributed by atoms with Gasteiger partial charge in [0.15, 0.2) is 6.10 Å². The van der Waals surface area contributed by atoms with Crippen molar-refractivity contribution < 1.29 is 22.7 Å². The summed E-state index contributed by atoms with van der Waals surface area (Å²) in [7, 11) is -3.31. The number of benzene rings is 1. The van der Waals surface area contributed by atoms with Gasteiger partial charge in [0.1, 0.15) is 5.75 Å². The molecule has 0 spiro atoms. The molecule has 0 unspecified atom stereocenters. The van der Waals surface area contributed by atoms with Gasteiger partial charge in [0.05, 0.1) is 11.9 Å². The van der Waals surface area contributed by atoms with Crippen LogP contribution >= 0.6 is 0 Å². The molecule has 2 aliphatic rings. The zero-order chi connectivity index (χ0) is 18.9. The van der Waals surface area contributed by atoms with Crippen molar-refractivity contribution in [1.82, 2.24) is 9.62 Å². The Kier molecular flexibility index (Phi) is 5.05. The number of piperidine rings is 1. The number of nitrogens with one attached hydrogen (secondary N) is 3. The molecule has 9 nitrogen and oxygen atoms in total. The van der Waals surface area contributed by atoms with E-state index in [1.54, 1.807) is 30.0 Å². The SMILES string of the molecule is C[C@H]1Oc2ccc(NC(=O)N3CCC[C@@H](NS(C)(=O)=O)C3)cc2NC1=O. The molecule has 1 aromatic carbocycles. The molecule has 3 N–H and O–H groups in total. The standard InChI is InChI=1S/C16H22N4O5S/c1-10-15(21)18-13-8-11(5-6-14(13)25-10)17-16(22)20-7-3-4-12(9-20)19-26(2,23)24/h5-6,8,10,12,19H,3-4,7,9H2,1-2H3,(H,17,22)(H,18,21)/t10-,12-/m1/s1. The molecule has 2 atom stereocenters. The van der Waals surface area contributed by atoms with Gasteiger partial charge in [-0.15, -0.1) is 0 Å². The summed E-state index contributed by atoms with van der Waals surface area (Å²) in [5.74, 6) is 0.303. The number of ether oxygens (including phenoxy) is 1. The van der Waals surface area contributed by atoms with Crippen LogP contribution in [0.1, 0.15) is 19.8 Å². The molecule has 0 bridgehead atoms. The van der Waals surface area contributed by atoms with Crippen LogP contribution in [0.5, 0.6) is 5.75 Å². The van der Waals surface area contributed by atoms with Crippen LogP contribution in [0.15, 0.2) is 18.2 Å². The molecule has 0 aromatic heterocycles. The molecule has 0 radical (unpaired) electrons. The Balaban J connectivity index is 1.65. The second-order valence-electron chi connectivity index (χ2n) is 6.57. The lowest BCUT2D eigenvalue weighted by Crippen LogP contribution is -2.50. The fraction of sp³-hybridized carbons (Fsp3) is 0.500. The van der Waals surface area contributed by atoms with Gasteiger partial charge in [-0.1, -0.05) is 0 Å². The molecule has 0 aliphatic carbocycles. The minimum Gasteiger partial charge on any atom is -0.479 e. The fourth-order valence-corrected chi connectivity index (χ4v) is 3.85. The third-order valence-corrected chi connectivity index (χ3v) is 5.01. The van der Waals surface area contributed by atoms with Gasteiger partial charge < -0.3 is 20.3 Å². The smallest absolute Gasteiger partial charge is 0.321 e. The maximum Gasteiger partial charge on any atom is 0.321 e. The highest BCUT2D eigenvalue weighted by Gasteiger charge is 2.27. The van der Waals surface area contributed by atoms with Crippen molar-refractivity contribution in [2.75, 3.05) is 30.0 Å². The number of hydrogen-bond donors (Lipinski definition) is 3. The Morgan fingerprint density at radius 3 is 2.88 bits per heavy atom. The first kappa shape index (κ1) is 18.5. The van der Waals surface area contributed by atoms with Crippen molar-refractivity contribution in [3.05, 3.63) is 18.2 Å². The predicted molar refractivity (Wildman–Crippen MR) is 96.8 cm³/mol. The number of likely N-dealkylation sites (tertiary alicyclic amines) is 1. The summed E-state index contributed by atoms with van der Waals surface area (Å²) >= 11 is 0. The molecular weight excluding hydrogens is 360 g/mol. The molecule has 3 amide bonds. The Bertz CT molecular complexity index is 826. The monoisotopic (exact) mass is 382 g/mol. The van der Waals surface area contributed by atoms with Crippen LogP contribution in [0.4, 0.5) is 16.2 Å². The van der Waals surface area contributed by atoms with Crippen molar-refractivity contribution in [3.63, 3.8) is 0 Å². The van der Waals surface area contributed by atoms with Gasteiger partial charge in [-0.05, 0) is 38.0 Å². The first-order chi connectivity index (χ1) is 12.2. The lowest BCUT2D eigenvalue weighted by atomic mass is 10.1. The van der Waals surface area contributed by atoms with E-state index in [1.807, 2.05) is 0 Å². The highest BCUT2D eigenvalue weighted by atomic mass is 32.2. The number of urea groups is 1. The lowest BCUT2D eigenvalue weighted by Gasteiger charge is -2.32. The largest absolute Gasteiger partial charge is 0.479 e. The average Bonchev–Trinajstić information content (AvgIpc) is 2.55. The molecule has 1 aromatic rings. The van der Waals surface area contributed by atoms with Crippen LogP contribution in [0.2, 0.25) is 0 Å². The van der Waals surface area contributed by atoms with Crippen LogP contribution in [0.25, 0.3) is 0 Å². The molecular formula is C16H22N4O5S. The molecule has 26 heavy (non-hydrogen) atoms. The number of nitrogens with zero attached hydrogens (tertiary/aromatic N) is 1. The van der Waals surface area contributed by atoms with E-state index in [1.165, 1.54) is 0 Å². The highest BCUT2D eigenvalue weighted by molar-refractivity contribution is 7.88. The first-order valence-corrected chi connectivity index (χ1v) is 10.3. The summed E-state index contributed by atoms with van der Waals surface area (Å²) in [6.45, 7) is 2.52. The Morgan fingerprint density at radius 2 is 2.15 bits per heavy atom. The molecule has 3 rings (SSSR count). The predicted octanol–water partition coefficient (Wildman–Crippen LogP) is 0.952. The summed E-state index contributed by atoms with van der Waals surface area (Å²) < 4.78 is 30.8.